The summed E-state index contributed by atoms with van der Waals surface area (Å²) in [6.45, 7) is 15.4. The summed E-state index contributed by atoms with van der Waals surface area (Å²) in [6.07, 6.45) is 5.84. The fourth-order valence-corrected chi connectivity index (χ4v) is 7.02. The molecule has 0 radical (unpaired) electrons. The molecule has 1 aliphatic heterocycles. The fourth-order valence-electron chi connectivity index (χ4n) is 7.02. The van der Waals surface area contributed by atoms with Gasteiger partial charge in [-0.1, -0.05) is 26.8 Å². The van der Waals surface area contributed by atoms with Crippen LogP contribution in [0.4, 0.5) is 0 Å². The van der Waals surface area contributed by atoms with Gasteiger partial charge < -0.3 is 14.4 Å². The Morgan fingerprint density at radius 1 is 1.20 bits per heavy atom. The Morgan fingerprint density at radius 3 is 2.47 bits per heavy atom. The van der Waals surface area contributed by atoms with Gasteiger partial charge in [0.15, 0.2) is 0 Å². The van der Waals surface area contributed by atoms with E-state index in [4.69, 9.17) is 9.47 Å². The Bertz CT molecular complexity index is 716. The molecular formula is C25H41NO4. The van der Waals surface area contributed by atoms with Gasteiger partial charge in [0, 0.05) is 18.4 Å². The van der Waals surface area contributed by atoms with Gasteiger partial charge in [-0.2, -0.15) is 0 Å². The number of fused-ring (bicyclic) bond motifs is 3. The number of Topliss-reactive ketones (excluding diaryl/α,β-unsaturated/α-hetero) is 1. The first kappa shape index (κ1) is 23.5. The molecule has 5 heteroatoms. The number of hydrogen-bond donors (Lipinski definition) is 0. The van der Waals surface area contributed by atoms with Gasteiger partial charge in [0.1, 0.15) is 11.9 Å². The zero-order valence-electron chi connectivity index (χ0n) is 20.0. The first-order valence-electron chi connectivity index (χ1n) is 11.5. The highest BCUT2D eigenvalue weighted by Crippen LogP contribution is 2.65. The summed E-state index contributed by atoms with van der Waals surface area (Å²) in [5, 5.41) is 0. The van der Waals surface area contributed by atoms with Crippen LogP contribution in [0.2, 0.25) is 0 Å². The number of ether oxygens (including phenoxy) is 2. The monoisotopic (exact) mass is 419 g/mol. The van der Waals surface area contributed by atoms with E-state index >= 15 is 0 Å². The van der Waals surface area contributed by atoms with Crippen molar-refractivity contribution in [3.8, 4) is 0 Å². The van der Waals surface area contributed by atoms with Crippen molar-refractivity contribution in [1.82, 2.24) is 4.90 Å². The number of esters is 1. The topological polar surface area (TPSA) is 55.8 Å². The van der Waals surface area contributed by atoms with Crippen molar-refractivity contribution in [3.05, 3.63) is 12.7 Å². The van der Waals surface area contributed by atoms with E-state index in [9.17, 15) is 9.59 Å². The van der Waals surface area contributed by atoms with E-state index < -0.39 is 16.6 Å². The standard InChI is InChI=1S/C25H41NO4/c1-9-23(4)16-17(27)21-24(5,30-23)14-10-18-22(2,3)13-11-19(25(18,21)6)29-20(28)12-15-26(7)8/h9,18-19,21H,1,10-16H2,2-8H3/t18-,19?,21-,23-,24+,25+/m0/s1. The molecule has 170 valence electrons. The summed E-state index contributed by atoms with van der Waals surface area (Å²) in [7, 11) is 3.91. The molecule has 3 rings (SSSR count). The number of rotatable bonds is 5. The molecular weight excluding hydrogens is 378 g/mol. The van der Waals surface area contributed by atoms with E-state index in [1.165, 1.54) is 0 Å². The predicted octanol–water partition coefficient (Wildman–Crippen LogP) is 4.40. The lowest BCUT2D eigenvalue weighted by atomic mass is 9.43. The Morgan fingerprint density at radius 2 is 1.87 bits per heavy atom. The van der Waals surface area contributed by atoms with Crippen LogP contribution >= 0.6 is 0 Å². The molecule has 0 aromatic carbocycles. The molecule has 30 heavy (non-hydrogen) atoms. The van der Waals surface area contributed by atoms with E-state index in [0.717, 1.165) is 25.7 Å². The number of carbonyl (C=O) groups excluding carboxylic acids is 2. The van der Waals surface area contributed by atoms with Crippen LogP contribution in [0.5, 0.6) is 0 Å². The molecule has 0 aromatic heterocycles. The zero-order chi connectivity index (χ0) is 22.5. The lowest BCUT2D eigenvalue weighted by molar-refractivity contribution is -0.263. The normalized spacial score (nSPS) is 42.9. The average molecular weight is 420 g/mol. The quantitative estimate of drug-likeness (QED) is 0.488. The molecule has 0 amide bonds. The molecule has 2 aliphatic carbocycles. The Kier molecular flexibility index (Phi) is 6.05. The molecule has 0 spiro atoms. The minimum atomic E-state index is -0.631. The molecule has 3 aliphatic rings. The SMILES string of the molecule is C=C[C@@]1(C)CC(=O)[C@@H]2[C@@]3(C)C(OC(=O)CCN(C)C)CCC(C)(C)[C@@H]3CC[C@@]2(C)O1. The fraction of sp³-hybridized carbons (Fsp3) is 0.840. The van der Waals surface area contributed by atoms with Crippen LogP contribution in [-0.2, 0) is 19.1 Å². The summed E-state index contributed by atoms with van der Waals surface area (Å²) in [5.74, 6) is 0.0956. The highest BCUT2D eigenvalue weighted by atomic mass is 16.5. The van der Waals surface area contributed by atoms with Gasteiger partial charge in [-0.25, -0.2) is 0 Å². The molecule has 2 saturated carbocycles. The van der Waals surface area contributed by atoms with Crippen molar-refractivity contribution in [3.63, 3.8) is 0 Å². The van der Waals surface area contributed by atoms with Gasteiger partial charge in [0.05, 0.1) is 23.5 Å². The van der Waals surface area contributed by atoms with Crippen molar-refractivity contribution in [2.75, 3.05) is 20.6 Å². The lowest BCUT2D eigenvalue weighted by Crippen LogP contribution is -2.69. The van der Waals surface area contributed by atoms with Crippen LogP contribution in [0.15, 0.2) is 12.7 Å². The maximum absolute atomic E-state index is 13.7. The van der Waals surface area contributed by atoms with Gasteiger partial charge >= 0.3 is 5.97 Å². The second-order valence-corrected chi connectivity index (χ2v) is 11.5. The van der Waals surface area contributed by atoms with E-state index in [1.54, 1.807) is 6.08 Å². The third-order valence-corrected chi connectivity index (χ3v) is 8.38. The van der Waals surface area contributed by atoms with E-state index in [2.05, 4.69) is 34.3 Å². The summed E-state index contributed by atoms with van der Waals surface area (Å²) in [4.78, 5) is 28.3. The summed E-state index contributed by atoms with van der Waals surface area (Å²) >= 11 is 0. The highest BCUT2D eigenvalue weighted by Gasteiger charge is 2.68. The van der Waals surface area contributed by atoms with Crippen LogP contribution in [-0.4, -0.2) is 54.6 Å². The van der Waals surface area contributed by atoms with Crippen molar-refractivity contribution in [2.45, 2.75) is 90.4 Å². The predicted molar refractivity (Wildman–Crippen MR) is 118 cm³/mol. The maximum Gasteiger partial charge on any atom is 0.307 e. The summed E-state index contributed by atoms with van der Waals surface area (Å²) in [6, 6.07) is 0. The van der Waals surface area contributed by atoms with Gasteiger partial charge in [-0.3, -0.25) is 9.59 Å². The van der Waals surface area contributed by atoms with Crippen molar-refractivity contribution in [2.24, 2.45) is 22.7 Å². The summed E-state index contributed by atoms with van der Waals surface area (Å²) in [5.41, 5.74) is -1.52. The van der Waals surface area contributed by atoms with Gasteiger partial charge in [0.25, 0.3) is 0 Å². The van der Waals surface area contributed by atoms with E-state index in [0.29, 0.717) is 25.3 Å². The Labute approximate surface area is 182 Å². The largest absolute Gasteiger partial charge is 0.462 e. The first-order chi connectivity index (χ1) is 13.8. The third kappa shape index (κ3) is 3.88. The molecule has 1 unspecified atom stereocenters. The molecule has 5 nitrogen and oxygen atoms in total. The average Bonchev–Trinajstić information content (AvgIpc) is 2.61. The first-order valence-corrected chi connectivity index (χ1v) is 11.5. The van der Waals surface area contributed by atoms with E-state index in [-0.39, 0.29) is 29.2 Å². The van der Waals surface area contributed by atoms with Gasteiger partial charge in [-0.15, -0.1) is 6.58 Å². The van der Waals surface area contributed by atoms with Crippen LogP contribution in [0.3, 0.4) is 0 Å². The number of hydrogen-bond acceptors (Lipinski definition) is 5. The second kappa shape index (κ2) is 7.74. The van der Waals surface area contributed by atoms with Crippen LogP contribution in [0.25, 0.3) is 0 Å². The minimum absolute atomic E-state index is 0.0993. The molecule has 6 atom stereocenters. The summed E-state index contributed by atoms with van der Waals surface area (Å²) < 4.78 is 12.7. The van der Waals surface area contributed by atoms with Crippen molar-refractivity contribution in [1.29, 1.82) is 0 Å². The number of ketones is 1. The third-order valence-electron chi connectivity index (χ3n) is 8.38. The number of nitrogens with zero attached hydrogens (tertiary/aromatic N) is 1. The van der Waals surface area contributed by atoms with E-state index in [1.807, 2.05) is 25.9 Å². The molecule has 1 heterocycles. The lowest BCUT2D eigenvalue weighted by Gasteiger charge is -2.65. The molecule has 0 aromatic rings. The molecule has 0 N–H and O–H groups in total. The second-order valence-electron chi connectivity index (χ2n) is 11.5. The van der Waals surface area contributed by atoms with Gasteiger partial charge in [-0.05, 0) is 65.0 Å². The van der Waals surface area contributed by atoms with Crippen LogP contribution in [0, 0.1) is 22.7 Å². The highest BCUT2D eigenvalue weighted by molar-refractivity contribution is 5.85. The zero-order valence-corrected chi connectivity index (χ0v) is 20.0. The Balaban J connectivity index is 1.97. The number of carbonyl (C=O) groups is 2. The molecule has 3 fully saturated rings. The Hall–Kier alpha value is -1.20. The molecule has 0 bridgehead atoms. The molecule has 1 saturated heterocycles. The van der Waals surface area contributed by atoms with Gasteiger partial charge in [0.2, 0.25) is 0 Å². The minimum Gasteiger partial charge on any atom is -0.462 e. The maximum atomic E-state index is 13.7. The van der Waals surface area contributed by atoms with Crippen LogP contribution in [0.1, 0.15) is 73.1 Å². The van der Waals surface area contributed by atoms with Crippen LogP contribution < -0.4 is 0 Å². The van der Waals surface area contributed by atoms with Crippen molar-refractivity contribution >= 4 is 11.8 Å². The van der Waals surface area contributed by atoms with Crippen molar-refractivity contribution < 1.29 is 19.1 Å². The smallest absolute Gasteiger partial charge is 0.307 e.